The summed E-state index contributed by atoms with van der Waals surface area (Å²) in [6.07, 6.45) is -2.39. The van der Waals surface area contributed by atoms with Gasteiger partial charge in [0.05, 0.1) is 13.2 Å². The normalized spacial score (nSPS) is 18.8. The van der Waals surface area contributed by atoms with Crippen LogP contribution in [0.1, 0.15) is 52.0 Å². The Morgan fingerprint density at radius 1 is 0.634 bits per heavy atom. The number of aliphatic hydroxyl groups excluding tert-OH is 2. The Labute approximate surface area is 405 Å². The lowest BCUT2D eigenvalue weighted by Crippen LogP contribution is -2.55. The molecule has 0 bridgehead atoms. The molecule has 4 aromatic carbocycles. The van der Waals surface area contributed by atoms with Gasteiger partial charge in [0, 0.05) is 84.3 Å². The summed E-state index contributed by atoms with van der Waals surface area (Å²) in [6, 6.07) is 26.1. The van der Waals surface area contributed by atoms with E-state index < -0.39 is 53.8 Å². The zero-order valence-corrected chi connectivity index (χ0v) is 38.3. The number of anilines is 4. The second-order valence-corrected chi connectivity index (χ2v) is 17.0. The van der Waals surface area contributed by atoms with Crippen molar-refractivity contribution in [3.8, 4) is 11.4 Å². The Bertz CT molecular complexity index is 2840. The topological polar surface area (TPSA) is 307 Å². The van der Waals surface area contributed by atoms with E-state index >= 15 is 0 Å². The van der Waals surface area contributed by atoms with E-state index in [-0.39, 0.29) is 49.8 Å². The van der Waals surface area contributed by atoms with Crippen LogP contribution in [0.5, 0.6) is 0 Å². The highest BCUT2D eigenvalue weighted by atomic mass is 16.5. The van der Waals surface area contributed by atoms with Gasteiger partial charge in [-0.1, -0.05) is 17.3 Å². The van der Waals surface area contributed by atoms with E-state index in [1.54, 1.807) is 107 Å². The summed E-state index contributed by atoms with van der Waals surface area (Å²) in [4.78, 5) is 97.1. The zero-order chi connectivity index (χ0) is 50.2. The highest BCUT2D eigenvalue weighted by Crippen LogP contribution is 2.26. The van der Waals surface area contributed by atoms with E-state index in [4.69, 9.17) is 20.6 Å². The third kappa shape index (κ3) is 11.5. The van der Waals surface area contributed by atoms with E-state index in [1.165, 1.54) is 9.80 Å². The van der Waals surface area contributed by atoms with Crippen molar-refractivity contribution < 1.29 is 53.0 Å². The lowest BCUT2D eigenvalue weighted by Gasteiger charge is -2.34. The number of rotatable bonds is 12. The second kappa shape index (κ2) is 22.1. The third-order valence-corrected chi connectivity index (χ3v) is 12.3. The number of nitrogens with one attached hydrogen (secondary N) is 4. The van der Waals surface area contributed by atoms with Gasteiger partial charge in [-0.2, -0.15) is 0 Å². The molecule has 4 aliphatic rings. The van der Waals surface area contributed by atoms with Crippen molar-refractivity contribution >= 4 is 64.0 Å². The number of amides is 6. The van der Waals surface area contributed by atoms with Gasteiger partial charge < -0.3 is 55.7 Å². The van der Waals surface area contributed by atoms with Gasteiger partial charge in [-0.25, -0.2) is 4.79 Å². The Morgan fingerprint density at radius 2 is 1.07 bits per heavy atom. The van der Waals surface area contributed by atoms with Crippen molar-refractivity contribution in [1.29, 1.82) is 5.41 Å². The molecule has 22 nitrogen and oxygen atoms in total. The number of nitrogen functional groups attached to an aromatic ring is 1. The van der Waals surface area contributed by atoms with Gasteiger partial charge in [-0.3, -0.25) is 43.7 Å². The molecule has 4 fully saturated rings. The molecule has 6 amide bonds. The molecule has 22 heteroatoms. The van der Waals surface area contributed by atoms with Crippen molar-refractivity contribution in [2.75, 3.05) is 72.9 Å². The van der Waals surface area contributed by atoms with Gasteiger partial charge in [0.1, 0.15) is 5.84 Å². The number of aromatic amines is 1. The van der Waals surface area contributed by atoms with E-state index in [2.05, 4.69) is 25.3 Å². The molecule has 0 unspecified atom stereocenters. The maximum atomic E-state index is 13.2. The van der Waals surface area contributed by atoms with E-state index in [0.29, 0.717) is 58.1 Å². The first-order valence-electron chi connectivity index (χ1n) is 23.0. The molecule has 1 aromatic heterocycles. The maximum Gasteiger partial charge on any atom is 0.439 e. The van der Waals surface area contributed by atoms with Gasteiger partial charge in [-0.05, 0) is 111 Å². The number of nitrogens with two attached hydrogens (primary N) is 1. The number of morpholine rings is 2. The summed E-state index contributed by atoms with van der Waals surface area (Å²) in [6.45, 7) is 3.56. The summed E-state index contributed by atoms with van der Waals surface area (Å²) < 4.78 is 15.4. The fourth-order valence-electron chi connectivity index (χ4n) is 8.50. The van der Waals surface area contributed by atoms with Crippen molar-refractivity contribution in [3.05, 3.63) is 124 Å². The number of H-pyrrole nitrogens is 1. The average molecular weight is 973 g/mol. The van der Waals surface area contributed by atoms with E-state index in [0.717, 1.165) is 38.8 Å². The van der Waals surface area contributed by atoms with Crippen molar-refractivity contribution in [3.63, 3.8) is 0 Å². The molecule has 4 atom stereocenters. The highest BCUT2D eigenvalue weighted by Gasteiger charge is 2.41. The molecule has 71 heavy (non-hydrogen) atoms. The van der Waals surface area contributed by atoms with Crippen LogP contribution in [-0.4, -0.2) is 148 Å². The maximum absolute atomic E-state index is 13.2. The molecule has 4 aliphatic heterocycles. The summed E-state index contributed by atoms with van der Waals surface area (Å²) in [5.41, 5.74) is 9.17. The van der Waals surface area contributed by atoms with Crippen LogP contribution < -0.4 is 31.9 Å². The minimum Gasteiger partial charge on any atom is -0.384 e. The summed E-state index contributed by atoms with van der Waals surface area (Å²) in [5.74, 6) is -3.48. The lowest BCUT2D eigenvalue weighted by molar-refractivity contribution is -0.150. The fraction of sp³-hybridized carbons (Fsp3) is 0.327. The monoisotopic (exact) mass is 972 g/mol. The Morgan fingerprint density at radius 3 is 1.48 bits per heavy atom. The van der Waals surface area contributed by atoms with Crippen molar-refractivity contribution in [2.45, 2.75) is 50.1 Å². The van der Waals surface area contributed by atoms with Gasteiger partial charge >= 0.3 is 5.76 Å². The van der Waals surface area contributed by atoms with Crippen LogP contribution in [0.25, 0.3) is 11.4 Å². The van der Waals surface area contributed by atoms with Crippen LogP contribution in [0.3, 0.4) is 0 Å². The van der Waals surface area contributed by atoms with Crippen LogP contribution in [-0.2, 0) is 28.7 Å². The summed E-state index contributed by atoms with van der Waals surface area (Å²) >= 11 is 0. The third-order valence-electron chi connectivity index (χ3n) is 12.3. The molecule has 5 heterocycles. The highest BCUT2D eigenvalue weighted by molar-refractivity contribution is 6.06. The first-order valence-corrected chi connectivity index (χ1v) is 23.0. The lowest BCUT2D eigenvalue weighted by atomic mass is 10.1. The number of aliphatic hydroxyl groups is 2. The number of nitrogens with zero attached hydrogens (tertiary/aromatic N) is 5. The van der Waals surface area contributed by atoms with Crippen LogP contribution in [0.2, 0.25) is 0 Å². The number of ether oxygens (including phenoxy) is 2. The number of carbonyl (C=O) groups excluding carboxylic acids is 6. The van der Waals surface area contributed by atoms with Crippen molar-refractivity contribution in [2.24, 2.45) is 5.73 Å². The number of carbonyl (C=O) groups is 6. The second-order valence-electron chi connectivity index (χ2n) is 17.0. The van der Waals surface area contributed by atoms with Gasteiger partial charge in [-0.15, -0.1) is 0 Å². The molecule has 5 aromatic rings. The number of aromatic nitrogens is 2. The first-order chi connectivity index (χ1) is 34.2. The molecule has 370 valence electrons. The fourth-order valence-corrected chi connectivity index (χ4v) is 8.50. The largest absolute Gasteiger partial charge is 0.439 e. The van der Waals surface area contributed by atoms with Gasteiger partial charge in [0.2, 0.25) is 0 Å². The Kier molecular flexibility index (Phi) is 15.4. The average Bonchev–Trinajstić information content (AvgIpc) is 4.22. The van der Waals surface area contributed by atoms with Gasteiger partial charge in [0.25, 0.3) is 35.4 Å². The SMILES string of the molecule is N=C(N)c1ccc(NC(=O)[C@H](O)[C@H]2OCCN(c3cccc(C(=O)N4CCCC4)c3)C2=O)cc1.O=C(Nc1ccc(-c2noc(=O)[nH]2)cc1)[C@H](O)[C@H]1OCCN(c2cccc(C(=O)N3CCCC3)c2)C1=O. The molecule has 0 radical (unpaired) electrons. The molecule has 8 N–H and O–H groups in total. The van der Waals surface area contributed by atoms with Gasteiger partial charge in [0.15, 0.2) is 30.2 Å². The standard InChI is InChI=1S/C25H25N5O7.C24H27N5O5/c31-19(22(32)26-17-8-6-15(7-9-17)21-27-25(35)37-28-21)20-24(34)30(12-13-36-20)18-5-3-4-16(14-18)23(33)29-10-1-2-11-29;25-21(26)15-6-8-17(9-7-15)27-22(31)19(30)20-24(33)29(12-13-34-20)18-5-3-4-16(14-18)23(32)28-10-1-2-11-28/h3-9,14,19-20,31H,1-2,10-13H2,(H,26,32)(H,27,28,35);3-9,14,19-20,30H,1-2,10-13H2,(H3,25,26)(H,27,31)/t2*19-,20-/m11/s1. The molecular formula is C49H52N10O12. The predicted octanol–water partition coefficient (Wildman–Crippen LogP) is 1.94. The number of likely N-dealkylation sites (tertiary alicyclic amines) is 2. The minimum atomic E-state index is -1.77. The molecule has 4 saturated heterocycles. The minimum absolute atomic E-state index is 0.0770. The van der Waals surface area contributed by atoms with Crippen molar-refractivity contribution in [1.82, 2.24) is 19.9 Å². The summed E-state index contributed by atoms with van der Waals surface area (Å²) in [5, 5.41) is 37.3. The predicted molar refractivity (Wildman–Crippen MR) is 257 cm³/mol. The summed E-state index contributed by atoms with van der Waals surface area (Å²) in [7, 11) is 0. The first kappa shape index (κ1) is 49.4. The Balaban J connectivity index is 0.000000191. The van der Waals surface area contributed by atoms with Crippen LogP contribution in [0.15, 0.2) is 106 Å². The number of hydrogen-bond acceptors (Lipinski definition) is 14. The smallest absolute Gasteiger partial charge is 0.384 e. The number of hydrogen-bond donors (Lipinski definition) is 7. The molecule has 0 saturated carbocycles. The van der Waals surface area contributed by atoms with Crippen LogP contribution >= 0.6 is 0 Å². The number of benzene rings is 4. The van der Waals surface area contributed by atoms with E-state index in [9.17, 15) is 43.8 Å². The van der Waals surface area contributed by atoms with E-state index in [1.807, 2.05) is 0 Å². The Hall–Kier alpha value is -8.05. The van der Waals surface area contributed by atoms with Crippen LogP contribution in [0, 0.1) is 5.41 Å². The number of amidine groups is 1. The quantitative estimate of drug-likeness (QED) is 0.0695. The molecule has 9 rings (SSSR count). The molecular weight excluding hydrogens is 921 g/mol. The molecule has 0 aliphatic carbocycles. The van der Waals surface area contributed by atoms with Crippen LogP contribution in [0.4, 0.5) is 22.7 Å². The molecule has 0 spiro atoms. The zero-order valence-electron chi connectivity index (χ0n) is 38.3.